The van der Waals surface area contributed by atoms with Gasteiger partial charge in [-0.3, -0.25) is 9.59 Å². The van der Waals surface area contributed by atoms with E-state index in [-0.39, 0.29) is 29.8 Å². The first-order valence-electron chi connectivity index (χ1n) is 9.74. The number of amides is 2. The molecule has 30 heavy (non-hydrogen) atoms. The number of sulfonamides is 1. The lowest BCUT2D eigenvalue weighted by atomic mass is 9.99. The molecule has 0 spiro atoms. The maximum atomic E-state index is 12.9. The molecule has 2 amide bonds. The minimum absolute atomic E-state index is 0.153. The minimum atomic E-state index is -3.64. The van der Waals surface area contributed by atoms with Crippen molar-refractivity contribution in [3.63, 3.8) is 0 Å². The first-order valence-corrected chi connectivity index (χ1v) is 12.0. The van der Waals surface area contributed by atoms with Gasteiger partial charge in [-0.15, -0.1) is 0 Å². The Balaban J connectivity index is 1.49. The van der Waals surface area contributed by atoms with Gasteiger partial charge in [0.2, 0.25) is 15.9 Å². The van der Waals surface area contributed by atoms with Crippen molar-refractivity contribution in [1.82, 2.24) is 14.9 Å². The fourth-order valence-electron chi connectivity index (χ4n) is 3.33. The van der Waals surface area contributed by atoms with E-state index in [2.05, 4.69) is 26.6 Å². The summed E-state index contributed by atoms with van der Waals surface area (Å²) in [7, 11) is -3.64. The van der Waals surface area contributed by atoms with E-state index in [9.17, 15) is 18.0 Å². The third kappa shape index (κ3) is 5.68. The van der Waals surface area contributed by atoms with Gasteiger partial charge in [0.25, 0.3) is 5.91 Å². The fraction of sp³-hybridized carbons (Fsp3) is 0.333. The van der Waals surface area contributed by atoms with Crippen LogP contribution in [0.15, 0.2) is 64.0 Å². The Hall–Kier alpha value is -2.23. The lowest BCUT2D eigenvalue weighted by molar-refractivity contribution is -0.126. The molecule has 0 bridgehead atoms. The average molecular weight is 494 g/mol. The van der Waals surface area contributed by atoms with Crippen molar-refractivity contribution < 1.29 is 18.0 Å². The third-order valence-electron chi connectivity index (χ3n) is 4.95. The molecule has 1 unspecified atom stereocenters. The Kier molecular flexibility index (Phi) is 7.63. The molecule has 1 atom stereocenters. The van der Waals surface area contributed by atoms with E-state index < -0.39 is 15.9 Å². The SMILES string of the molecule is O=C(NCCNC(=O)C1CCCN(S(=O)(=O)c2ccc(Br)cc2)C1)c1ccccc1. The van der Waals surface area contributed by atoms with Crippen LogP contribution in [0.5, 0.6) is 0 Å². The maximum absolute atomic E-state index is 12.9. The molecule has 1 aliphatic rings. The number of carbonyl (C=O) groups is 2. The minimum Gasteiger partial charge on any atom is -0.354 e. The van der Waals surface area contributed by atoms with Crippen molar-refractivity contribution in [2.75, 3.05) is 26.2 Å². The summed E-state index contributed by atoms with van der Waals surface area (Å²) in [5.74, 6) is -0.803. The molecule has 0 saturated carbocycles. The average Bonchev–Trinajstić information content (AvgIpc) is 2.77. The summed E-state index contributed by atoms with van der Waals surface area (Å²) in [6.07, 6.45) is 1.26. The fourth-order valence-corrected chi connectivity index (χ4v) is 5.12. The summed E-state index contributed by atoms with van der Waals surface area (Å²) >= 11 is 3.30. The van der Waals surface area contributed by atoms with Crippen molar-refractivity contribution in [2.45, 2.75) is 17.7 Å². The van der Waals surface area contributed by atoms with Crippen LogP contribution in [0.1, 0.15) is 23.2 Å². The second-order valence-electron chi connectivity index (χ2n) is 7.07. The number of rotatable bonds is 7. The summed E-state index contributed by atoms with van der Waals surface area (Å²) < 4.78 is 27.9. The van der Waals surface area contributed by atoms with Gasteiger partial charge in [-0.05, 0) is 49.2 Å². The summed E-state index contributed by atoms with van der Waals surface area (Å²) in [6, 6.07) is 15.3. The first-order chi connectivity index (χ1) is 14.4. The lowest BCUT2D eigenvalue weighted by Crippen LogP contribution is -2.46. The summed E-state index contributed by atoms with van der Waals surface area (Å²) in [5.41, 5.74) is 0.560. The highest BCUT2D eigenvalue weighted by molar-refractivity contribution is 9.10. The second-order valence-corrected chi connectivity index (χ2v) is 9.92. The second kappa shape index (κ2) is 10.2. The summed E-state index contributed by atoms with van der Waals surface area (Å²) in [4.78, 5) is 24.7. The zero-order chi connectivity index (χ0) is 21.6. The molecular formula is C21H24BrN3O4S. The maximum Gasteiger partial charge on any atom is 0.251 e. The van der Waals surface area contributed by atoms with Crippen LogP contribution in [0, 0.1) is 5.92 Å². The number of benzene rings is 2. The highest BCUT2D eigenvalue weighted by Gasteiger charge is 2.33. The van der Waals surface area contributed by atoms with E-state index in [1.807, 2.05) is 6.07 Å². The molecule has 9 heteroatoms. The molecule has 0 aromatic heterocycles. The standard InChI is InChI=1S/C21H24BrN3O4S/c22-18-8-10-19(11-9-18)30(28,29)25-14-4-7-17(15-25)21(27)24-13-12-23-20(26)16-5-2-1-3-6-16/h1-3,5-6,8-11,17H,4,7,12-15H2,(H,23,26)(H,24,27). The summed E-state index contributed by atoms with van der Waals surface area (Å²) in [5, 5.41) is 5.55. The molecule has 160 valence electrons. The van der Waals surface area contributed by atoms with Gasteiger partial charge in [0.05, 0.1) is 10.8 Å². The molecule has 0 aliphatic carbocycles. The Morgan fingerprint density at radius 2 is 1.67 bits per heavy atom. The van der Waals surface area contributed by atoms with Crippen LogP contribution < -0.4 is 10.6 Å². The third-order valence-corrected chi connectivity index (χ3v) is 7.36. The number of halogens is 1. The van der Waals surface area contributed by atoms with Gasteiger partial charge in [0, 0.05) is 36.2 Å². The molecule has 1 fully saturated rings. The zero-order valence-electron chi connectivity index (χ0n) is 16.4. The van der Waals surface area contributed by atoms with Crippen molar-refractivity contribution in [3.05, 3.63) is 64.6 Å². The van der Waals surface area contributed by atoms with E-state index in [0.29, 0.717) is 31.5 Å². The molecule has 2 aromatic rings. The molecule has 1 heterocycles. The first kappa shape index (κ1) is 22.5. The van der Waals surface area contributed by atoms with E-state index in [0.717, 1.165) is 4.47 Å². The molecule has 2 aromatic carbocycles. The zero-order valence-corrected chi connectivity index (χ0v) is 18.8. The van der Waals surface area contributed by atoms with E-state index >= 15 is 0 Å². The number of hydrogen-bond acceptors (Lipinski definition) is 4. The van der Waals surface area contributed by atoms with Crippen molar-refractivity contribution in [3.8, 4) is 0 Å². The quantitative estimate of drug-likeness (QED) is 0.578. The van der Waals surface area contributed by atoms with E-state index in [1.165, 1.54) is 4.31 Å². The van der Waals surface area contributed by atoms with Crippen molar-refractivity contribution in [1.29, 1.82) is 0 Å². The number of nitrogens with zero attached hydrogens (tertiary/aromatic N) is 1. The van der Waals surface area contributed by atoms with Crippen LogP contribution in [0.4, 0.5) is 0 Å². The summed E-state index contributed by atoms with van der Waals surface area (Å²) in [6.45, 7) is 1.14. The van der Waals surface area contributed by atoms with Gasteiger partial charge < -0.3 is 10.6 Å². The number of piperidine rings is 1. The molecule has 2 N–H and O–H groups in total. The van der Waals surface area contributed by atoms with Crippen LogP contribution in [-0.2, 0) is 14.8 Å². The topological polar surface area (TPSA) is 95.6 Å². The molecular weight excluding hydrogens is 470 g/mol. The highest BCUT2D eigenvalue weighted by Crippen LogP contribution is 2.24. The normalized spacial score (nSPS) is 17.3. The van der Waals surface area contributed by atoms with Crippen LogP contribution in [-0.4, -0.2) is 50.7 Å². The Bertz CT molecular complexity index is 981. The Labute approximate surface area is 185 Å². The molecule has 3 rings (SSSR count). The van der Waals surface area contributed by atoms with Gasteiger partial charge in [-0.25, -0.2) is 8.42 Å². The predicted molar refractivity (Wildman–Crippen MR) is 117 cm³/mol. The van der Waals surface area contributed by atoms with E-state index in [4.69, 9.17) is 0 Å². The molecule has 1 saturated heterocycles. The van der Waals surface area contributed by atoms with Crippen molar-refractivity contribution in [2.24, 2.45) is 5.92 Å². The smallest absolute Gasteiger partial charge is 0.251 e. The van der Waals surface area contributed by atoms with Gasteiger partial charge >= 0.3 is 0 Å². The van der Waals surface area contributed by atoms with Gasteiger partial charge in [0.15, 0.2) is 0 Å². The van der Waals surface area contributed by atoms with Crippen molar-refractivity contribution >= 4 is 37.8 Å². The predicted octanol–water partition coefficient (Wildman–Crippen LogP) is 2.40. The lowest BCUT2D eigenvalue weighted by Gasteiger charge is -2.31. The number of carbonyl (C=O) groups excluding carboxylic acids is 2. The number of nitrogens with one attached hydrogen (secondary N) is 2. The molecule has 1 aliphatic heterocycles. The van der Waals surface area contributed by atoms with Gasteiger partial charge in [-0.1, -0.05) is 34.1 Å². The molecule has 0 radical (unpaired) electrons. The monoisotopic (exact) mass is 493 g/mol. The van der Waals surface area contributed by atoms with Crippen LogP contribution in [0.25, 0.3) is 0 Å². The largest absolute Gasteiger partial charge is 0.354 e. The van der Waals surface area contributed by atoms with Crippen LogP contribution in [0.2, 0.25) is 0 Å². The van der Waals surface area contributed by atoms with Crippen LogP contribution in [0.3, 0.4) is 0 Å². The van der Waals surface area contributed by atoms with Gasteiger partial charge in [-0.2, -0.15) is 4.31 Å². The van der Waals surface area contributed by atoms with E-state index in [1.54, 1.807) is 48.5 Å². The van der Waals surface area contributed by atoms with Crippen LogP contribution >= 0.6 is 15.9 Å². The Morgan fingerprint density at radius 1 is 1.00 bits per heavy atom. The highest BCUT2D eigenvalue weighted by atomic mass is 79.9. The molecule has 7 nitrogen and oxygen atoms in total. The van der Waals surface area contributed by atoms with Gasteiger partial charge in [0.1, 0.15) is 0 Å². The Morgan fingerprint density at radius 3 is 2.37 bits per heavy atom. The number of hydrogen-bond donors (Lipinski definition) is 2.